The van der Waals surface area contributed by atoms with Crippen molar-refractivity contribution in [3.63, 3.8) is 0 Å². The van der Waals surface area contributed by atoms with E-state index in [1.165, 1.54) is 8.66 Å². The Morgan fingerprint density at radius 2 is 2.11 bits per heavy atom. The van der Waals surface area contributed by atoms with Gasteiger partial charge in [0.1, 0.15) is 0 Å². The molecule has 1 unspecified atom stereocenters. The van der Waals surface area contributed by atoms with Crippen LogP contribution in [0, 0.1) is 0 Å². The standard InChI is InChI=1S/C13H23BrN2OS/c1-3-16(4-2)10-11(17)9-15-8-7-12-5-6-13(14)18-12/h5-6,11,15,17H,3-4,7-10H2,1-2H3. The van der Waals surface area contributed by atoms with E-state index < -0.39 is 0 Å². The molecule has 0 aliphatic heterocycles. The Morgan fingerprint density at radius 3 is 2.67 bits per heavy atom. The maximum absolute atomic E-state index is 9.87. The second-order valence-electron chi connectivity index (χ2n) is 4.30. The van der Waals surface area contributed by atoms with Gasteiger partial charge >= 0.3 is 0 Å². The third-order valence-electron chi connectivity index (χ3n) is 2.92. The molecule has 1 atom stereocenters. The number of rotatable bonds is 9. The molecule has 0 aliphatic carbocycles. The van der Waals surface area contributed by atoms with Crippen molar-refractivity contribution in [3.05, 3.63) is 20.8 Å². The second kappa shape index (κ2) is 9.04. The van der Waals surface area contributed by atoms with Gasteiger partial charge in [-0.3, -0.25) is 0 Å². The van der Waals surface area contributed by atoms with E-state index in [1.54, 1.807) is 11.3 Å². The fourth-order valence-electron chi connectivity index (χ4n) is 1.81. The molecule has 0 aliphatic rings. The quantitative estimate of drug-likeness (QED) is 0.680. The van der Waals surface area contributed by atoms with Crippen molar-refractivity contribution >= 4 is 27.3 Å². The van der Waals surface area contributed by atoms with Crippen molar-refractivity contribution in [2.24, 2.45) is 0 Å². The number of likely N-dealkylation sites (N-methyl/N-ethyl adjacent to an activating group) is 1. The molecule has 18 heavy (non-hydrogen) atoms. The average Bonchev–Trinajstić information content (AvgIpc) is 2.77. The third-order valence-corrected chi connectivity index (χ3v) is 4.60. The molecular formula is C13H23BrN2OS. The minimum Gasteiger partial charge on any atom is -0.390 e. The maximum atomic E-state index is 9.87. The van der Waals surface area contributed by atoms with Crippen LogP contribution in [0.15, 0.2) is 15.9 Å². The van der Waals surface area contributed by atoms with E-state index in [0.717, 1.165) is 32.6 Å². The molecule has 1 aromatic rings. The number of nitrogens with zero attached hydrogens (tertiary/aromatic N) is 1. The highest BCUT2D eigenvalue weighted by Gasteiger charge is 2.08. The zero-order valence-corrected chi connectivity index (χ0v) is 13.6. The van der Waals surface area contributed by atoms with Crippen LogP contribution in [0.4, 0.5) is 0 Å². The highest BCUT2D eigenvalue weighted by atomic mass is 79.9. The summed E-state index contributed by atoms with van der Waals surface area (Å²) in [5.74, 6) is 0. The monoisotopic (exact) mass is 334 g/mol. The first-order valence-electron chi connectivity index (χ1n) is 6.51. The van der Waals surface area contributed by atoms with Gasteiger partial charge in [0, 0.05) is 24.5 Å². The highest BCUT2D eigenvalue weighted by molar-refractivity contribution is 9.11. The van der Waals surface area contributed by atoms with Gasteiger partial charge in [-0.2, -0.15) is 0 Å². The molecule has 1 rings (SSSR count). The lowest BCUT2D eigenvalue weighted by molar-refractivity contribution is 0.117. The molecule has 0 amide bonds. The Bertz CT molecular complexity index is 329. The lowest BCUT2D eigenvalue weighted by Crippen LogP contribution is -2.38. The van der Waals surface area contributed by atoms with E-state index in [0.29, 0.717) is 6.54 Å². The van der Waals surface area contributed by atoms with Crippen molar-refractivity contribution < 1.29 is 5.11 Å². The van der Waals surface area contributed by atoms with E-state index in [2.05, 4.69) is 52.1 Å². The number of halogens is 1. The Hall–Kier alpha value is 0.0600. The van der Waals surface area contributed by atoms with Crippen LogP contribution in [0.25, 0.3) is 0 Å². The molecule has 0 aromatic carbocycles. The van der Waals surface area contributed by atoms with Crippen LogP contribution in [-0.2, 0) is 6.42 Å². The van der Waals surface area contributed by atoms with Crippen molar-refractivity contribution in [1.29, 1.82) is 0 Å². The molecule has 5 heteroatoms. The Balaban J connectivity index is 2.10. The Labute approximate surface area is 122 Å². The van der Waals surface area contributed by atoms with Gasteiger partial charge in [0.2, 0.25) is 0 Å². The summed E-state index contributed by atoms with van der Waals surface area (Å²) in [6.07, 6.45) is 0.744. The number of nitrogens with one attached hydrogen (secondary N) is 1. The van der Waals surface area contributed by atoms with E-state index in [1.807, 2.05) is 0 Å². The van der Waals surface area contributed by atoms with Crippen LogP contribution < -0.4 is 5.32 Å². The zero-order valence-electron chi connectivity index (χ0n) is 11.2. The zero-order chi connectivity index (χ0) is 13.4. The van der Waals surface area contributed by atoms with Gasteiger partial charge in [-0.25, -0.2) is 0 Å². The van der Waals surface area contributed by atoms with Crippen LogP contribution >= 0.6 is 27.3 Å². The van der Waals surface area contributed by atoms with E-state index in [9.17, 15) is 5.11 Å². The van der Waals surface area contributed by atoms with Crippen LogP contribution in [0.2, 0.25) is 0 Å². The number of hydrogen-bond donors (Lipinski definition) is 2. The average molecular weight is 335 g/mol. The number of aliphatic hydroxyl groups excluding tert-OH is 1. The molecule has 3 nitrogen and oxygen atoms in total. The van der Waals surface area contributed by atoms with Gasteiger partial charge in [0.25, 0.3) is 0 Å². The molecule has 104 valence electrons. The number of aliphatic hydroxyl groups is 1. The minimum absolute atomic E-state index is 0.278. The summed E-state index contributed by atoms with van der Waals surface area (Å²) in [4.78, 5) is 3.61. The Kier molecular flexibility index (Phi) is 8.10. The molecule has 0 fully saturated rings. The molecule has 0 saturated carbocycles. The molecule has 0 radical (unpaired) electrons. The van der Waals surface area contributed by atoms with Crippen LogP contribution in [0.1, 0.15) is 18.7 Å². The maximum Gasteiger partial charge on any atom is 0.0791 e. The van der Waals surface area contributed by atoms with Gasteiger partial charge in [0.15, 0.2) is 0 Å². The largest absolute Gasteiger partial charge is 0.390 e. The summed E-state index contributed by atoms with van der Waals surface area (Å²) >= 11 is 5.23. The van der Waals surface area contributed by atoms with Crippen LogP contribution in [0.3, 0.4) is 0 Å². The predicted octanol–water partition coefficient (Wildman–Crippen LogP) is 2.35. The second-order valence-corrected chi connectivity index (χ2v) is 6.85. The van der Waals surface area contributed by atoms with Crippen LogP contribution in [0.5, 0.6) is 0 Å². The summed E-state index contributed by atoms with van der Waals surface area (Å²) in [5, 5.41) is 13.2. The molecule has 0 bridgehead atoms. The smallest absolute Gasteiger partial charge is 0.0791 e. The van der Waals surface area contributed by atoms with Crippen LogP contribution in [-0.4, -0.2) is 48.8 Å². The van der Waals surface area contributed by atoms with Gasteiger partial charge in [0.05, 0.1) is 9.89 Å². The van der Waals surface area contributed by atoms with Gasteiger partial charge in [-0.15, -0.1) is 11.3 Å². The minimum atomic E-state index is -0.278. The number of hydrogen-bond acceptors (Lipinski definition) is 4. The van der Waals surface area contributed by atoms with Gasteiger partial charge in [-0.1, -0.05) is 13.8 Å². The fourth-order valence-corrected chi connectivity index (χ4v) is 3.29. The molecular weight excluding hydrogens is 312 g/mol. The number of thiophene rings is 1. The molecule has 2 N–H and O–H groups in total. The lowest BCUT2D eigenvalue weighted by Gasteiger charge is -2.22. The third kappa shape index (κ3) is 6.29. The predicted molar refractivity (Wildman–Crippen MR) is 82.4 cm³/mol. The van der Waals surface area contributed by atoms with Crippen molar-refractivity contribution in [2.45, 2.75) is 26.4 Å². The summed E-state index contributed by atoms with van der Waals surface area (Å²) in [7, 11) is 0. The first kappa shape index (κ1) is 16.1. The molecule has 0 saturated heterocycles. The first-order valence-corrected chi connectivity index (χ1v) is 8.12. The SMILES string of the molecule is CCN(CC)CC(O)CNCCc1ccc(Br)s1. The van der Waals surface area contributed by atoms with E-state index in [-0.39, 0.29) is 6.10 Å². The van der Waals surface area contributed by atoms with E-state index >= 15 is 0 Å². The van der Waals surface area contributed by atoms with Crippen molar-refractivity contribution in [3.8, 4) is 0 Å². The fraction of sp³-hybridized carbons (Fsp3) is 0.692. The van der Waals surface area contributed by atoms with E-state index in [4.69, 9.17) is 0 Å². The summed E-state index contributed by atoms with van der Waals surface area (Å²) in [6, 6.07) is 4.22. The summed E-state index contributed by atoms with van der Waals surface area (Å²) in [5.41, 5.74) is 0. The summed E-state index contributed by atoms with van der Waals surface area (Å²) < 4.78 is 1.18. The lowest BCUT2D eigenvalue weighted by atomic mass is 10.3. The summed E-state index contributed by atoms with van der Waals surface area (Å²) in [6.45, 7) is 8.58. The van der Waals surface area contributed by atoms with Crippen molar-refractivity contribution in [2.75, 3.05) is 32.7 Å². The molecule has 0 spiro atoms. The van der Waals surface area contributed by atoms with Gasteiger partial charge in [-0.05, 0) is 47.6 Å². The van der Waals surface area contributed by atoms with Gasteiger partial charge < -0.3 is 15.3 Å². The normalized spacial score (nSPS) is 13.2. The molecule has 1 heterocycles. The molecule has 1 aromatic heterocycles. The van der Waals surface area contributed by atoms with Crippen molar-refractivity contribution in [1.82, 2.24) is 10.2 Å². The Morgan fingerprint density at radius 1 is 1.39 bits per heavy atom. The highest BCUT2D eigenvalue weighted by Crippen LogP contribution is 2.21. The first-order chi connectivity index (χ1) is 8.65. The topological polar surface area (TPSA) is 35.5 Å².